The molecule has 0 saturated carbocycles. The molecule has 1 rings (SSSR count). The minimum Gasteiger partial charge on any atom is -0.311 e. The minimum absolute atomic E-state index is 0.295. The van der Waals surface area contributed by atoms with Gasteiger partial charge in [0, 0.05) is 25.2 Å². The van der Waals surface area contributed by atoms with E-state index in [0.29, 0.717) is 11.0 Å². The lowest BCUT2D eigenvalue weighted by Gasteiger charge is -2.28. The summed E-state index contributed by atoms with van der Waals surface area (Å²) in [5, 5.41) is 3.65. The molecule has 0 spiro atoms. The highest BCUT2D eigenvalue weighted by Crippen LogP contribution is 2.33. The maximum atomic E-state index is 3.65. The van der Waals surface area contributed by atoms with Crippen LogP contribution in [0.3, 0.4) is 0 Å². The SMILES string of the molecule is CCC(C)(C)NCCN1CCC(C(C)(C)C)C1. The van der Waals surface area contributed by atoms with Crippen molar-refractivity contribution in [3.05, 3.63) is 0 Å². The highest BCUT2D eigenvalue weighted by atomic mass is 15.2. The second kappa shape index (κ2) is 5.71. The van der Waals surface area contributed by atoms with Gasteiger partial charge < -0.3 is 10.2 Å². The van der Waals surface area contributed by atoms with Crippen LogP contribution >= 0.6 is 0 Å². The van der Waals surface area contributed by atoms with Crippen LogP contribution in [-0.2, 0) is 0 Å². The van der Waals surface area contributed by atoms with E-state index in [9.17, 15) is 0 Å². The second-order valence-corrected chi connectivity index (χ2v) is 7.32. The number of hydrogen-bond acceptors (Lipinski definition) is 2. The lowest BCUT2D eigenvalue weighted by atomic mass is 9.80. The smallest absolute Gasteiger partial charge is 0.0123 e. The Morgan fingerprint density at radius 1 is 1.18 bits per heavy atom. The Labute approximate surface area is 108 Å². The van der Waals surface area contributed by atoms with Crippen LogP contribution < -0.4 is 5.32 Å². The summed E-state index contributed by atoms with van der Waals surface area (Å²) >= 11 is 0. The molecule has 17 heavy (non-hydrogen) atoms. The summed E-state index contributed by atoms with van der Waals surface area (Å²) in [5.41, 5.74) is 0.772. The molecule has 2 nitrogen and oxygen atoms in total. The van der Waals surface area contributed by atoms with Crippen molar-refractivity contribution >= 4 is 0 Å². The van der Waals surface area contributed by atoms with Crippen LogP contribution in [-0.4, -0.2) is 36.6 Å². The quantitative estimate of drug-likeness (QED) is 0.794. The monoisotopic (exact) mass is 240 g/mol. The third-order valence-corrected chi connectivity index (χ3v) is 4.41. The van der Waals surface area contributed by atoms with Crippen molar-refractivity contribution in [3.8, 4) is 0 Å². The predicted molar refractivity (Wildman–Crippen MR) is 76.4 cm³/mol. The molecule has 0 aromatic carbocycles. The topological polar surface area (TPSA) is 15.3 Å². The molecule has 0 bridgehead atoms. The molecule has 1 unspecified atom stereocenters. The largest absolute Gasteiger partial charge is 0.311 e. The van der Waals surface area contributed by atoms with Gasteiger partial charge >= 0.3 is 0 Å². The molecule has 1 saturated heterocycles. The molecular formula is C15H32N2. The Bertz CT molecular complexity index is 228. The molecule has 1 atom stereocenters. The van der Waals surface area contributed by atoms with E-state index in [1.54, 1.807) is 0 Å². The molecule has 0 aromatic heterocycles. The maximum Gasteiger partial charge on any atom is 0.0123 e. The van der Waals surface area contributed by atoms with E-state index in [1.807, 2.05) is 0 Å². The van der Waals surface area contributed by atoms with Gasteiger partial charge in [0.2, 0.25) is 0 Å². The Balaban J connectivity index is 2.23. The molecule has 1 aliphatic heterocycles. The van der Waals surface area contributed by atoms with Crippen LogP contribution in [0, 0.1) is 11.3 Å². The molecule has 0 aromatic rings. The molecular weight excluding hydrogens is 208 g/mol. The zero-order valence-corrected chi connectivity index (χ0v) is 12.8. The van der Waals surface area contributed by atoms with Gasteiger partial charge in [-0.3, -0.25) is 0 Å². The highest BCUT2D eigenvalue weighted by molar-refractivity contribution is 4.84. The summed E-state index contributed by atoms with van der Waals surface area (Å²) in [7, 11) is 0. The fourth-order valence-corrected chi connectivity index (χ4v) is 2.42. The van der Waals surface area contributed by atoms with Gasteiger partial charge in [-0.2, -0.15) is 0 Å². The third kappa shape index (κ3) is 4.97. The van der Waals surface area contributed by atoms with Gasteiger partial charge in [-0.05, 0) is 44.6 Å². The van der Waals surface area contributed by atoms with Gasteiger partial charge in [0.1, 0.15) is 0 Å². The van der Waals surface area contributed by atoms with E-state index < -0.39 is 0 Å². The second-order valence-electron chi connectivity index (χ2n) is 7.32. The van der Waals surface area contributed by atoms with Crippen LogP contribution in [0.15, 0.2) is 0 Å². The normalized spacial score (nSPS) is 23.3. The highest BCUT2D eigenvalue weighted by Gasteiger charge is 2.31. The first-order valence-electron chi connectivity index (χ1n) is 7.22. The lowest BCUT2D eigenvalue weighted by Crippen LogP contribution is -2.43. The number of likely N-dealkylation sites (tertiary alicyclic amines) is 1. The first-order valence-corrected chi connectivity index (χ1v) is 7.22. The van der Waals surface area contributed by atoms with Gasteiger partial charge in [0.05, 0.1) is 0 Å². The van der Waals surface area contributed by atoms with E-state index >= 15 is 0 Å². The van der Waals surface area contributed by atoms with Gasteiger partial charge in [0.25, 0.3) is 0 Å². The van der Waals surface area contributed by atoms with Crippen LogP contribution in [0.1, 0.15) is 54.4 Å². The van der Waals surface area contributed by atoms with Gasteiger partial charge in [-0.15, -0.1) is 0 Å². The lowest BCUT2D eigenvalue weighted by molar-refractivity contribution is 0.225. The molecule has 2 heteroatoms. The summed E-state index contributed by atoms with van der Waals surface area (Å²) in [6, 6.07) is 0. The molecule has 102 valence electrons. The van der Waals surface area contributed by atoms with E-state index in [0.717, 1.165) is 12.5 Å². The summed E-state index contributed by atoms with van der Waals surface area (Å²) < 4.78 is 0. The number of rotatable bonds is 5. The first-order chi connectivity index (χ1) is 7.74. The van der Waals surface area contributed by atoms with Crippen molar-refractivity contribution in [2.24, 2.45) is 11.3 Å². The van der Waals surface area contributed by atoms with E-state index in [1.165, 1.54) is 32.5 Å². The standard InChI is InChI=1S/C15H32N2/c1-7-15(5,6)16-9-11-17-10-8-13(12-17)14(2,3)4/h13,16H,7-12H2,1-6H3. The summed E-state index contributed by atoms with van der Waals surface area (Å²) in [6.45, 7) is 18.9. The molecule has 1 N–H and O–H groups in total. The zero-order chi connectivity index (χ0) is 13.1. The Morgan fingerprint density at radius 2 is 1.82 bits per heavy atom. The zero-order valence-electron chi connectivity index (χ0n) is 12.8. The van der Waals surface area contributed by atoms with Crippen LogP contribution in [0.4, 0.5) is 0 Å². The maximum absolute atomic E-state index is 3.65. The molecule has 0 radical (unpaired) electrons. The van der Waals surface area contributed by atoms with Crippen molar-refractivity contribution in [1.82, 2.24) is 10.2 Å². The average molecular weight is 240 g/mol. The fraction of sp³-hybridized carbons (Fsp3) is 1.00. The van der Waals surface area contributed by atoms with Crippen molar-refractivity contribution in [3.63, 3.8) is 0 Å². The predicted octanol–water partition coefficient (Wildman–Crippen LogP) is 3.13. The Kier molecular flexibility index (Phi) is 5.03. The number of nitrogens with zero attached hydrogens (tertiary/aromatic N) is 1. The third-order valence-electron chi connectivity index (χ3n) is 4.41. The van der Waals surface area contributed by atoms with Crippen molar-refractivity contribution < 1.29 is 0 Å². The molecule has 0 amide bonds. The van der Waals surface area contributed by atoms with E-state index in [4.69, 9.17) is 0 Å². The minimum atomic E-state index is 0.295. The van der Waals surface area contributed by atoms with Gasteiger partial charge in [0.15, 0.2) is 0 Å². The van der Waals surface area contributed by atoms with Crippen molar-refractivity contribution in [2.75, 3.05) is 26.2 Å². The van der Waals surface area contributed by atoms with E-state index in [-0.39, 0.29) is 0 Å². The van der Waals surface area contributed by atoms with E-state index in [2.05, 4.69) is 51.8 Å². The van der Waals surface area contributed by atoms with Crippen LogP contribution in [0.25, 0.3) is 0 Å². The summed E-state index contributed by atoms with van der Waals surface area (Å²) in [5.74, 6) is 0.877. The number of nitrogens with one attached hydrogen (secondary N) is 1. The Hall–Kier alpha value is -0.0800. The van der Waals surface area contributed by atoms with Crippen LogP contribution in [0.5, 0.6) is 0 Å². The van der Waals surface area contributed by atoms with Gasteiger partial charge in [-0.25, -0.2) is 0 Å². The molecule has 1 heterocycles. The summed E-state index contributed by atoms with van der Waals surface area (Å²) in [4.78, 5) is 2.62. The first kappa shape index (κ1) is 15.0. The van der Waals surface area contributed by atoms with Crippen molar-refractivity contribution in [2.45, 2.75) is 59.9 Å². The molecule has 1 aliphatic rings. The Morgan fingerprint density at radius 3 is 2.29 bits per heavy atom. The fourth-order valence-electron chi connectivity index (χ4n) is 2.42. The van der Waals surface area contributed by atoms with Crippen LogP contribution in [0.2, 0.25) is 0 Å². The number of hydrogen-bond donors (Lipinski definition) is 1. The van der Waals surface area contributed by atoms with Crippen molar-refractivity contribution in [1.29, 1.82) is 0 Å². The average Bonchev–Trinajstić information content (AvgIpc) is 2.66. The van der Waals surface area contributed by atoms with Gasteiger partial charge in [-0.1, -0.05) is 27.7 Å². The summed E-state index contributed by atoms with van der Waals surface area (Å²) in [6.07, 6.45) is 2.57. The molecule has 1 fully saturated rings. The molecule has 0 aliphatic carbocycles.